The van der Waals surface area contributed by atoms with E-state index in [4.69, 9.17) is 5.73 Å². The first-order valence-corrected chi connectivity index (χ1v) is 8.47. The van der Waals surface area contributed by atoms with E-state index in [9.17, 15) is 14.4 Å². The molecule has 0 aliphatic carbocycles. The summed E-state index contributed by atoms with van der Waals surface area (Å²) in [5, 5.41) is 5.65. The molecule has 1 heterocycles. The van der Waals surface area contributed by atoms with Crippen LogP contribution in [0.3, 0.4) is 0 Å². The van der Waals surface area contributed by atoms with Gasteiger partial charge in [-0.2, -0.15) is 0 Å². The molecule has 0 bridgehead atoms. The van der Waals surface area contributed by atoms with E-state index in [1.807, 2.05) is 20.8 Å². The number of nitrogens with one attached hydrogen (secondary N) is 2. The summed E-state index contributed by atoms with van der Waals surface area (Å²) in [7, 11) is 0. The molecule has 0 aromatic heterocycles. The van der Waals surface area contributed by atoms with E-state index in [-0.39, 0.29) is 43.0 Å². The number of nitrogens with two attached hydrogens (primary N) is 1. The van der Waals surface area contributed by atoms with Crippen LogP contribution in [0.1, 0.15) is 33.6 Å². The van der Waals surface area contributed by atoms with Crippen LogP contribution in [0.2, 0.25) is 0 Å². The number of rotatable bonds is 6. The molecule has 1 aromatic rings. The number of benzene rings is 1. The number of carbonyl (C=O) groups excluding carboxylic acids is 3. The SMILES string of the molecule is CC(C)C(C)(CN)NC(=O)CCC(=O)N1CC(=O)Nc2ccccc21. The Bertz CT molecular complexity index is 674. The third kappa shape index (κ3) is 4.36. The number of hydrogen-bond donors (Lipinski definition) is 3. The van der Waals surface area contributed by atoms with Gasteiger partial charge in [0.2, 0.25) is 17.7 Å². The Morgan fingerprint density at radius 3 is 2.64 bits per heavy atom. The van der Waals surface area contributed by atoms with Crippen molar-refractivity contribution in [2.75, 3.05) is 23.3 Å². The van der Waals surface area contributed by atoms with Gasteiger partial charge in [-0.1, -0.05) is 26.0 Å². The van der Waals surface area contributed by atoms with E-state index in [0.717, 1.165) is 0 Å². The zero-order valence-electron chi connectivity index (χ0n) is 15.0. The van der Waals surface area contributed by atoms with Gasteiger partial charge >= 0.3 is 0 Å². The Balaban J connectivity index is 1.99. The van der Waals surface area contributed by atoms with E-state index < -0.39 is 5.54 Å². The van der Waals surface area contributed by atoms with Crippen molar-refractivity contribution in [2.24, 2.45) is 11.7 Å². The van der Waals surface area contributed by atoms with E-state index in [2.05, 4.69) is 10.6 Å². The van der Waals surface area contributed by atoms with Crippen molar-refractivity contribution in [3.63, 3.8) is 0 Å². The molecule has 25 heavy (non-hydrogen) atoms. The first-order chi connectivity index (χ1) is 11.8. The minimum Gasteiger partial charge on any atom is -0.349 e. The second kappa shape index (κ2) is 7.65. The molecular formula is C18H26N4O3. The van der Waals surface area contributed by atoms with Crippen molar-refractivity contribution in [1.82, 2.24) is 5.32 Å². The number of hydrogen-bond acceptors (Lipinski definition) is 4. The largest absolute Gasteiger partial charge is 0.349 e. The maximum atomic E-state index is 12.5. The highest BCUT2D eigenvalue weighted by molar-refractivity contribution is 6.10. The smallest absolute Gasteiger partial charge is 0.244 e. The lowest BCUT2D eigenvalue weighted by molar-refractivity contribution is -0.127. The predicted octanol–water partition coefficient (Wildman–Crippen LogP) is 1.24. The van der Waals surface area contributed by atoms with Crippen molar-refractivity contribution in [2.45, 2.75) is 39.2 Å². The molecular weight excluding hydrogens is 320 g/mol. The fourth-order valence-electron chi connectivity index (χ4n) is 2.62. The number of nitrogens with zero attached hydrogens (tertiary/aromatic N) is 1. The number of amides is 3. The standard InChI is InChI=1S/C18H26N4O3/c1-12(2)18(3,11-19)21-15(23)8-9-17(25)22-10-16(24)20-13-6-4-5-7-14(13)22/h4-7,12H,8-11,19H2,1-3H3,(H,20,24)(H,21,23). The minimum atomic E-state index is -0.502. The molecule has 1 aliphatic rings. The topological polar surface area (TPSA) is 105 Å². The zero-order chi connectivity index (χ0) is 18.6. The van der Waals surface area contributed by atoms with E-state index in [0.29, 0.717) is 17.9 Å². The van der Waals surface area contributed by atoms with Crippen LogP contribution >= 0.6 is 0 Å². The molecule has 1 aliphatic heterocycles. The van der Waals surface area contributed by atoms with Crippen LogP contribution in [0.15, 0.2) is 24.3 Å². The maximum Gasteiger partial charge on any atom is 0.244 e. The van der Waals surface area contributed by atoms with Crippen molar-refractivity contribution < 1.29 is 14.4 Å². The maximum absolute atomic E-state index is 12.5. The first-order valence-electron chi connectivity index (χ1n) is 8.47. The molecule has 136 valence electrons. The molecule has 2 rings (SSSR count). The lowest BCUT2D eigenvalue weighted by atomic mass is 9.88. The van der Waals surface area contributed by atoms with Crippen LogP contribution < -0.4 is 21.3 Å². The molecule has 0 spiro atoms. The van der Waals surface area contributed by atoms with Gasteiger partial charge in [0, 0.05) is 19.4 Å². The molecule has 3 amide bonds. The number of carbonyl (C=O) groups is 3. The fraction of sp³-hybridized carbons (Fsp3) is 0.500. The average Bonchev–Trinajstić information content (AvgIpc) is 2.58. The van der Waals surface area contributed by atoms with Crippen LogP contribution in [0.25, 0.3) is 0 Å². The molecule has 0 radical (unpaired) electrons. The molecule has 0 saturated heterocycles. The highest BCUT2D eigenvalue weighted by atomic mass is 16.2. The summed E-state index contributed by atoms with van der Waals surface area (Å²) in [6.07, 6.45) is 0.0909. The third-order valence-electron chi connectivity index (χ3n) is 4.76. The van der Waals surface area contributed by atoms with Gasteiger partial charge in [0.1, 0.15) is 6.54 Å². The van der Waals surface area contributed by atoms with Crippen LogP contribution in [0.5, 0.6) is 0 Å². The molecule has 1 unspecified atom stereocenters. The molecule has 1 aromatic carbocycles. The van der Waals surface area contributed by atoms with Gasteiger partial charge in [0.15, 0.2) is 0 Å². The predicted molar refractivity (Wildman–Crippen MR) is 97.1 cm³/mol. The molecule has 0 saturated carbocycles. The highest BCUT2D eigenvalue weighted by Gasteiger charge is 2.30. The minimum absolute atomic E-state index is 0.0339. The average molecular weight is 346 g/mol. The normalized spacial score (nSPS) is 16.0. The lowest BCUT2D eigenvalue weighted by Crippen LogP contribution is -2.55. The molecule has 7 nitrogen and oxygen atoms in total. The van der Waals surface area contributed by atoms with Crippen LogP contribution in [0.4, 0.5) is 11.4 Å². The van der Waals surface area contributed by atoms with Gasteiger partial charge < -0.3 is 21.3 Å². The zero-order valence-corrected chi connectivity index (χ0v) is 15.0. The summed E-state index contributed by atoms with van der Waals surface area (Å²) in [5.74, 6) is -0.539. The number of para-hydroxylation sites is 2. The number of anilines is 2. The summed E-state index contributed by atoms with van der Waals surface area (Å²) in [5.41, 5.74) is 6.52. The second-order valence-electron chi connectivity index (χ2n) is 6.87. The van der Waals surface area contributed by atoms with Crippen LogP contribution in [-0.4, -0.2) is 36.3 Å². The number of fused-ring (bicyclic) bond motifs is 1. The molecule has 4 N–H and O–H groups in total. The summed E-state index contributed by atoms with van der Waals surface area (Å²) in [6, 6.07) is 7.12. The van der Waals surface area contributed by atoms with E-state index in [1.165, 1.54) is 4.90 Å². The molecule has 7 heteroatoms. The Kier molecular flexibility index (Phi) is 5.79. The fourth-order valence-corrected chi connectivity index (χ4v) is 2.62. The van der Waals surface area contributed by atoms with Crippen molar-refractivity contribution in [1.29, 1.82) is 0 Å². The summed E-state index contributed by atoms with van der Waals surface area (Å²) < 4.78 is 0. The van der Waals surface area contributed by atoms with Crippen molar-refractivity contribution in [3.05, 3.63) is 24.3 Å². The first kappa shape index (κ1) is 18.9. The van der Waals surface area contributed by atoms with Gasteiger partial charge in [-0.05, 0) is 25.0 Å². The third-order valence-corrected chi connectivity index (χ3v) is 4.76. The van der Waals surface area contributed by atoms with Gasteiger partial charge in [0.25, 0.3) is 0 Å². The quantitative estimate of drug-likeness (QED) is 0.721. The van der Waals surface area contributed by atoms with Crippen molar-refractivity contribution in [3.8, 4) is 0 Å². The molecule has 1 atom stereocenters. The van der Waals surface area contributed by atoms with Gasteiger partial charge in [0.05, 0.1) is 16.9 Å². The van der Waals surface area contributed by atoms with Gasteiger partial charge in [-0.3, -0.25) is 14.4 Å². The van der Waals surface area contributed by atoms with Gasteiger partial charge in [-0.15, -0.1) is 0 Å². The Morgan fingerprint density at radius 2 is 2.00 bits per heavy atom. The highest BCUT2D eigenvalue weighted by Crippen LogP contribution is 2.29. The van der Waals surface area contributed by atoms with Crippen LogP contribution in [0, 0.1) is 5.92 Å². The molecule has 0 fully saturated rings. The summed E-state index contributed by atoms with van der Waals surface area (Å²) >= 11 is 0. The Morgan fingerprint density at radius 1 is 1.32 bits per heavy atom. The van der Waals surface area contributed by atoms with E-state index in [1.54, 1.807) is 24.3 Å². The second-order valence-corrected chi connectivity index (χ2v) is 6.87. The lowest BCUT2D eigenvalue weighted by Gasteiger charge is -2.33. The summed E-state index contributed by atoms with van der Waals surface area (Å²) in [4.78, 5) is 37.9. The Labute approximate surface area is 147 Å². The Hall–Kier alpha value is -2.41. The summed E-state index contributed by atoms with van der Waals surface area (Å²) in [6.45, 7) is 6.15. The van der Waals surface area contributed by atoms with Crippen LogP contribution in [-0.2, 0) is 14.4 Å². The monoisotopic (exact) mass is 346 g/mol. The van der Waals surface area contributed by atoms with Gasteiger partial charge in [-0.25, -0.2) is 0 Å². The van der Waals surface area contributed by atoms with Crippen molar-refractivity contribution >= 4 is 29.1 Å². The van der Waals surface area contributed by atoms with E-state index >= 15 is 0 Å².